The van der Waals surface area contributed by atoms with Gasteiger partial charge in [0.1, 0.15) is 0 Å². The zero-order valence-electron chi connectivity index (χ0n) is 44.4. The van der Waals surface area contributed by atoms with Crippen molar-refractivity contribution >= 4 is 331 Å². The van der Waals surface area contributed by atoms with E-state index in [1.165, 1.54) is 152 Å². The number of benzene rings is 2. The van der Waals surface area contributed by atoms with E-state index in [-0.39, 0.29) is 5.78 Å². The Bertz CT molecular complexity index is 3860. The van der Waals surface area contributed by atoms with Gasteiger partial charge < -0.3 is 20.8 Å². The van der Waals surface area contributed by atoms with E-state index in [1.54, 1.807) is 113 Å². The number of aromatic carboxylic acids is 1. The second-order valence-electron chi connectivity index (χ2n) is 15.6. The summed E-state index contributed by atoms with van der Waals surface area (Å²) < 4.78 is 0. The van der Waals surface area contributed by atoms with Gasteiger partial charge >= 0.3 is 5.97 Å². The highest BCUT2D eigenvalue weighted by Gasteiger charge is 2.11. The number of Topliss-reactive ketones (excluding diaryl/α,β-unsaturated/α-hetero) is 1. The van der Waals surface area contributed by atoms with Gasteiger partial charge in [0, 0.05) is 344 Å². The van der Waals surface area contributed by atoms with Crippen LogP contribution < -0.4 is 5.73 Å². The molecule has 0 amide bonds. The third kappa shape index (κ3) is 52.4. The number of hydrogen-bond donors (Lipinski definition) is 4. The third-order valence-corrected chi connectivity index (χ3v) is 76.8. The van der Waals surface area contributed by atoms with Crippen molar-refractivity contribution in [3.05, 3.63) is 72.1 Å². The maximum atomic E-state index is 12.4. The molecule has 0 saturated carbocycles. The lowest BCUT2D eigenvalue weighted by Gasteiger charge is -2.03. The first-order valence-electron chi connectivity index (χ1n) is 25.0. The van der Waals surface area contributed by atoms with Crippen LogP contribution in [0.3, 0.4) is 0 Å². The smallest absolute Gasteiger partial charge is 0.337 e. The Labute approximate surface area is 584 Å². The summed E-state index contributed by atoms with van der Waals surface area (Å²) in [4.78, 5) is 29.1. The first-order valence-corrected chi connectivity index (χ1v) is 67.6. The van der Waals surface area contributed by atoms with Gasteiger partial charge in [0.15, 0.2) is 5.78 Å². The number of nitrogens with one attached hydrogen (secondary N) is 2. The molecule has 5 N–H and O–H groups in total. The maximum absolute atomic E-state index is 12.4. The largest absolute Gasteiger partial charge is 0.478 e. The van der Waals surface area contributed by atoms with Crippen molar-refractivity contribution in [2.45, 2.75) is 155 Å². The van der Waals surface area contributed by atoms with Gasteiger partial charge in [-0.2, -0.15) is 0 Å². The summed E-state index contributed by atoms with van der Waals surface area (Å²) in [7, 11) is 54.6. The van der Waals surface area contributed by atoms with Crippen molar-refractivity contribution in [2.75, 3.05) is 6.54 Å². The molecular formula is C43H67N3O3S33. The second kappa shape index (κ2) is 67.8. The molecule has 4 rings (SSSR count). The number of aromatic nitrogens is 2. The second-order valence-corrected chi connectivity index (χ2v) is 70.4. The zero-order chi connectivity index (χ0) is 59.3. The predicted octanol–water partition coefficient (Wildman–Crippen LogP) is 12.7. The van der Waals surface area contributed by atoms with Crippen LogP contribution in [0.4, 0.5) is 0 Å². The molecule has 0 aliphatic heterocycles. The Hall–Kier alpha value is 3.88. The molecule has 0 bridgehead atoms. The molecule has 0 atom stereocenters. The van der Waals surface area contributed by atoms with Crippen molar-refractivity contribution in [2.24, 2.45) is 5.73 Å². The number of fused-ring (bicyclic) bond motifs is 2. The lowest BCUT2D eigenvalue weighted by atomic mass is 10.0. The number of para-hydroxylation sites is 2. The molecule has 0 spiro atoms. The Kier molecular flexibility index (Phi) is 69.3. The van der Waals surface area contributed by atoms with Crippen molar-refractivity contribution in [3.63, 3.8) is 0 Å². The highest BCUT2D eigenvalue weighted by molar-refractivity contribution is 8.80. The summed E-state index contributed by atoms with van der Waals surface area (Å²) in [6.45, 7) is 5.41. The quantitative estimate of drug-likeness (QED) is 0.0411. The van der Waals surface area contributed by atoms with E-state index in [0.29, 0.717) is 12.0 Å². The van der Waals surface area contributed by atoms with Crippen molar-refractivity contribution in [1.82, 2.24) is 9.97 Å². The summed E-state index contributed by atoms with van der Waals surface area (Å²) in [5.41, 5.74) is 8.52. The van der Waals surface area contributed by atoms with Crippen LogP contribution in [0.25, 0.3) is 21.8 Å². The molecule has 39 heteroatoms. The van der Waals surface area contributed by atoms with E-state index in [4.69, 9.17) is 33.2 Å². The molecule has 2 heterocycles. The Morgan fingerprint density at radius 3 is 0.927 bits per heavy atom. The molecule has 0 unspecified atom stereocenters. The van der Waals surface area contributed by atoms with E-state index < -0.39 is 5.97 Å². The summed E-state index contributed by atoms with van der Waals surface area (Å²) in [5, 5.41) is 10.6. The number of carboxylic acid groups (broad SMARTS) is 1. The minimum Gasteiger partial charge on any atom is -0.478 e. The summed E-state index contributed by atoms with van der Waals surface area (Å²) >= 11 is 9.59. The molecule has 2 aromatic carbocycles. The van der Waals surface area contributed by atoms with Crippen LogP contribution in [-0.2, 0) is 298 Å². The Morgan fingerprint density at radius 2 is 0.634 bits per heavy atom. The number of carbonyl (C=O) groups is 2. The minimum absolute atomic E-state index is 0.281. The number of aromatic amines is 2. The van der Waals surface area contributed by atoms with E-state index in [1.807, 2.05) is 200 Å². The van der Waals surface area contributed by atoms with Crippen LogP contribution in [0.15, 0.2) is 60.9 Å². The maximum Gasteiger partial charge on any atom is 0.337 e. The highest BCUT2D eigenvalue weighted by Crippen LogP contribution is 2.21. The van der Waals surface area contributed by atoms with Gasteiger partial charge in [0.2, 0.25) is 0 Å². The number of rotatable bonds is 24. The van der Waals surface area contributed by atoms with E-state index in [0.717, 1.165) is 40.3 Å². The SMILES string of the molecule is CCCCCCCCCCCCCC(=O)c1c[nH]c2ccccc12.CCCCCCCCCCCCN.O=C(O)c1c[nH]c2ccccc12.S=S=S=S=S=S=S=S=S=S=S=S=S=S=S=S=S=S=S=S=S=S=S=S=S=S=S=S=S=S=S=S=S. The average molecular weight is 1730 g/mol. The highest BCUT2D eigenvalue weighted by atomic mass is 33.5. The normalized spacial score (nSPS) is 9.55. The molecule has 2 aromatic heterocycles. The molecule has 0 saturated heterocycles. The molecule has 0 aliphatic rings. The van der Waals surface area contributed by atoms with Gasteiger partial charge in [0.25, 0.3) is 0 Å². The Morgan fingerprint density at radius 1 is 0.378 bits per heavy atom. The van der Waals surface area contributed by atoms with Crippen LogP contribution in [0.5, 0.6) is 0 Å². The number of unbranched alkanes of at least 4 members (excludes halogenated alkanes) is 19. The van der Waals surface area contributed by atoms with Crippen molar-refractivity contribution < 1.29 is 14.7 Å². The van der Waals surface area contributed by atoms with Gasteiger partial charge in [-0.05, 0) is 31.5 Å². The summed E-state index contributed by atoms with van der Waals surface area (Å²) in [6.07, 6.45) is 32.5. The van der Waals surface area contributed by atoms with E-state index >= 15 is 0 Å². The van der Waals surface area contributed by atoms with Gasteiger partial charge in [-0.15, -0.1) is 0 Å². The predicted molar refractivity (Wildman–Crippen MR) is 453 cm³/mol. The number of carbonyl (C=O) groups excluding carboxylic acids is 1. The zero-order valence-corrected chi connectivity index (χ0v) is 71.3. The number of ketones is 1. The fourth-order valence-electron chi connectivity index (χ4n) is 6.60. The number of carboxylic acids is 1. The average Bonchev–Trinajstić information content (AvgIpc) is 4.26. The molecule has 4 aromatic rings. The first-order chi connectivity index (χ1) is 40.4. The Balaban J connectivity index is 0.000000592. The molecule has 82 heavy (non-hydrogen) atoms. The summed E-state index contributed by atoms with van der Waals surface area (Å²) in [6, 6.07) is 15.4. The molecule has 470 valence electrons. The standard InChI is InChI=1S/C22H33NO.C12H27N.C9H7NO2.S33/c1-2-3-4-5-6-7-8-9-10-11-12-17-22(24)20-18-23-21-16-14-13-15-19(20)21;1-2-3-4-5-6-7-8-9-10-11-12-13;11-9(12)7-5-10-8-4-2-1-3-6(7)8;1-3-5-7-9-11-13-15-17-19-21-23-25-27-29-31-33-32-30-28-26-24-22-20-18-16-14-12-10-8-6-4-2/h13-16,18,23H,2-12,17H2,1H3;2-13H2,1H3;1-5,10H,(H,11,12);. The molecular weight excluding hydrogens is 1660 g/mol. The fraction of sp³-hybridized carbons (Fsp3) is 0.581. The van der Waals surface area contributed by atoms with Crippen LogP contribution >= 0.6 is 0 Å². The monoisotopic (exact) mass is 1730 g/mol. The first kappa shape index (κ1) is 83.9. The van der Waals surface area contributed by atoms with Gasteiger partial charge in [0.05, 0.1) is 5.56 Å². The molecule has 0 fully saturated rings. The van der Waals surface area contributed by atoms with Gasteiger partial charge in [-0.1, -0.05) is 172 Å². The number of nitrogens with two attached hydrogens (primary N) is 1. The van der Waals surface area contributed by atoms with E-state index in [2.05, 4.69) is 23.8 Å². The molecule has 0 aliphatic carbocycles. The van der Waals surface area contributed by atoms with Crippen LogP contribution in [0.2, 0.25) is 0 Å². The van der Waals surface area contributed by atoms with E-state index in [9.17, 15) is 9.59 Å². The van der Waals surface area contributed by atoms with Crippen LogP contribution in [-0.4, -0.2) is 33.4 Å². The third-order valence-electron chi connectivity index (χ3n) is 10.1. The van der Waals surface area contributed by atoms with Crippen LogP contribution in [0.1, 0.15) is 176 Å². The fourth-order valence-corrected chi connectivity index (χ4v) is 86.2. The van der Waals surface area contributed by atoms with Gasteiger partial charge in [-0.3, -0.25) is 4.79 Å². The van der Waals surface area contributed by atoms with Crippen molar-refractivity contribution in [3.8, 4) is 0 Å². The summed E-state index contributed by atoms with van der Waals surface area (Å²) in [5.74, 6) is -0.615. The lowest BCUT2D eigenvalue weighted by Crippen LogP contribution is -1.97. The van der Waals surface area contributed by atoms with Gasteiger partial charge in [-0.25, -0.2) is 4.79 Å². The number of H-pyrrole nitrogens is 2. The molecule has 0 radical (unpaired) electrons. The molecule has 6 nitrogen and oxygen atoms in total. The lowest BCUT2D eigenvalue weighted by molar-refractivity contribution is 0.0698. The van der Waals surface area contributed by atoms with Crippen LogP contribution in [0, 0.1) is 0 Å². The topological polar surface area (TPSA) is 112 Å². The van der Waals surface area contributed by atoms with Crippen molar-refractivity contribution in [1.29, 1.82) is 0 Å². The minimum atomic E-state index is -0.896. The number of hydrogen-bond acceptors (Lipinski definition) is 5.